The molecule has 0 fully saturated rings. The number of hydrogen-bond acceptors (Lipinski definition) is 6. The highest BCUT2D eigenvalue weighted by molar-refractivity contribution is 7.89. The molecule has 1 aromatic heterocycles. The summed E-state index contributed by atoms with van der Waals surface area (Å²) in [7, 11) is -2.39. The van der Waals surface area contributed by atoms with Crippen LogP contribution in [0.2, 0.25) is 0 Å². The second-order valence-electron chi connectivity index (χ2n) is 4.84. The van der Waals surface area contributed by atoms with Crippen LogP contribution in [0, 0.1) is 10.1 Å². The molecule has 0 aliphatic heterocycles. The number of aromatic nitrogens is 1. The van der Waals surface area contributed by atoms with Crippen molar-refractivity contribution in [3.05, 3.63) is 63.4 Å². The van der Waals surface area contributed by atoms with Gasteiger partial charge in [0, 0.05) is 13.1 Å². The molecule has 0 radical (unpaired) electrons. The van der Waals surface area contributed by atoms with Gasteiger partial charge in [-0.3, -0.25) is 10.1 Å². The molecule has 1 N–H and O–H groups in total. The van der Waals surface area contributed by atoms with Gasteiger partial charge < -0.3 is 4.57 Å². The molecule has 0 aliphatic carbocycles. The van der Waals surface area contributed by atoms with Crippen LogP contribution in [0.1, 0.15) is 0 Å². The van der Waals surface area contributed by atoms with Crippen molar-refractivity contribution < 1.29 is 13.3 Å². The Morgan fingerprint density at radius 2 is 1.83 bits per heavy atom. The van der Waals surface area contributed by atoms with Gasteiger partial charge in [0.1, 0.15) is 0 Å². The molecule has 3 rings (SSSR count). The smallest absolute Gasteiger partial charge is 0.289 e. The van der Waals surface area contributed by atoms with Gasteiger partial charge in [-0.15, -0.1) is 5.10 Å². The zero-order valence-corrected chi connectivity index (χ0v) is 14.0. The largest absolute Gasteiger partial charge is 0.318 e. The predicted octanol–water partition coefficient (Wildman–Crippen LogP) is 1.94. The van der Waals surface area contributed by atoms with Gasteiger partial charge in [0.25, 0.3) is 15.7 Å². The van der Waals surface area contributed by atoms with Gasteiger partial charge in [-0.2, -0.15) is 13.2 Å². The average molecular weight is 364 g/mol. The summed E-state index contributed by atoms with van der Waals surface area (Å²) < 4.78 is 27.4. The molecule has 0 saturated carbocycles. The number of aryl methyl sites for hydroxylation is 1. The van der Waals surface area contributed by atoms with E-state index in [1.165, 1.54) is 29.5 Å². The summed E-state index contributed by atoms with van der Waals surface area (Å²) in [6.07, 6.45) is 0. The first-order valence-electron chi connectivity index (χ1n) is 6.73. The first-order chi connectivity index (χ1) is 11.4. The first-order valence-corrected chi connectivity index (χ1v) is 9.03. The van der Waals surface area contributed by atoms with Crippen LogP contribution in [0.25, 0.3) is 10.2 Å². The van der Waals surface area contributed by atoms with Gasteiger partial charge in [0.2, 0.25) is 4.80 Å². The highest BCUT2D eigenvalue weighted by atomic mass is 32.2. The molecule has 0 unspecified atom stereocenters. The highest BCUT2D eigenvalue weighted by Gasteiger charge is 2.24. The summed E-state index contributed by atoms with van der Waals surface area (Å²) in [4.78, 5) is 12.3. The number of sulfonamides is 1. The number of rotatable bonds is 4. The van der Waals surface area contributed by atoms with Gasteiger partial charge in [-0.05, 0) is 18.2 Å². The lowest BCUT2D eigenvalue weighted by molar-refractivity contribution is -0.387. The van der Waals surface area contributed by atoms with Crippen LogP contribution >= 0.6 is 11.3 Å². The van der Waals surface area contributed by atoms with E-state index < -0.39 is 25.5 Å². The molecular formula is C14H12N4O4S2. The summed E-state index contributed by atoms with van der Waals surface area (Å²) in [6, 6.07) is 12.7. The molecule has 8 nitrogen and oxygen atoms in total. The number of nitro benzene ring substituents is 1. The monoisotopic (exact) mass is 364 g/mol. The quantitative estimate of drug-likeness (QED) is 0.564. The highest BCUT2D eigenvalue weighted by Crippen LogP contribution is 2.22. The molecule has 0 atom stereocenters. The van der Waals surface area contributed by atoms with Crippen LogP contribution in [0.3, 0.4) is 0 Å². The van der Waals surface area contributed by atoms with Crippen molar-refractivity contribution in [1.29, 1.82) is 0 Å². The fraction of sp³-hybridized carbons (Fsp3) is 0.0714. The standard InChI is InChI=1S/C14H12N4O4S2/c1-17-10-6-2-4-8-12(10)23-14(17)15-16-24(21,22)13-9-5-3-7-11(13)18(19)20/h2-9,16H,1H3/b15-14-. The maximum Gasteiger partial charge on any atom is 0.289 e. The molecular weight excluding hydrogens is 352 g/mol. The Kier molecular flexibility index (Phi) is 4.08. The minimum Gasteiger partial charge on any atom is -0.318 e. The molecule has 0 bridgehead atoms. The average Bonchev–Trinajstić information content (AvgIpc) is 2.90. The topological polar surface area (TPSA) is 107 Å². The Hall–Kier alpha value is -2.72. The lowest BCUT2D eigenvalue weighted by Gasteiger charge is -2.03. The Labute approximate surface area is 140 Å². The number of fused-ring (bicyclic) bond motifs is 1. The van der Waals surface area contributed by atoms with Crippen LogP contribution < -0.4 is 9.63 Å². The number of hydrogen-bond donors (Lipinski definition) is 1. The van der Waals surface area contributed by atoms with Crippen LogP contribution in [0.4, 0.5) is 5.69 Å². The summed E-state index contributed by atoms with van der Waals surface area (Å²) in [5, 5.41) is 14.9. The van der Waals surface area contributed by atoms with Crippen molar-refractivity contribution in [3.63, 3.8) is 0 Å². The molecule has 2 aromatic carbocycles. The number of thiazole rings is 1. The number of nitro groups is 1. The molecule has 0 saturated heterocycles. The number of nitrogens with one attached hydrogen (secondary N) is 1. The van der Waals surface area contributed by atoms with E-state index >= 15 is 0 Å². The van der Waals surface area contributed by atoms with Gasteiger partial charge in [0.05, 0.1) is 15.1 Å². The molecule has 1 heterocycles. The van der Waals surface area contributed by atoms with E-state index in [4.69, 9.17) is 0 Å². The molecule has 0 amide bonds. The Morgan fingerprint density at radius 3 is 2.54 bits per heavy atom. The lowest BCUT2D eigenvalue weighted by Crippen LogP contribution is -2.24. The predicted molar refractivity (Wildman–Crippen MR) is 89.8 cm³/mol. The van der Waals surface area contributed by atoms with E-state index in [0.717, 1.165) is 16.3 Å². The van der Waals surface area contributed by atoms with E-state index in [0.29, 0.717) is 4.80 Å². The number of nitrogens with zero attached hydrogens (tertiary/aromatic N) is 3. The molecule has 124 valence electrons. The molecule has 3 aromatic rings. The van der Waals surface area contributed by atoms with E-state index in [2.05, 4.69) is 9.93 Å². The third kappa shape index (κ3) is 2.88. The zero-order valence-electron chi connectivity index (χ0n) is 12.4. The minimum atomic E-state index is -4.15. The maximum atomic E-state index is 12.3. The molecule has 0 aliphatic rings. The van der Waals surface area contributed by atoms with Crippen molar-refractivity contribution in [3.8, 4) is 0 Å². The van der Waals surface area contributed by atoms with Gasteiger partial charge >= 0.3 is 0 Å². The number of benzene rings is 2. The fourth-order valence-electron chi connectivity index (χ4n) is 2.17. The number of para-hydroxylation sites is 2. The fourth-order valence-corrected chi connectivity index (χ4v) is 4.19. The summed E-state index contributed by atoms with van der Waals surface area (Å²) >= 11 is 1.31. The maximum absolute atomic E-state index is 12.3. The van der Waals surface area contributed by atoms with E-state index in [9.17, 15) is 18.5 Å². The third-order valence-electron chi connectivity index (χ3n) is 3.33. The van der Waals surface area contributed by atoms with Crippen LogP contribution in [0.15, 0.2) is 58.5 Å². The van der Waals surface area contributed by atoms with E-state index in [1.807, 2.05) is 24.3 Å². The van der Waals surface area contributed by atoms with Crippen molar-refractivity contribution in [2.24, 2.45) is 12.1 Å². The van der Waals surface area contributed by atoms with Crippen LogP contribution in [-0.2, 0) is 17.1 Å². The molecule has 0 spiro atoms. The SMILES string of the molecule is Cn1/c(=N/NS(=O)(=O)c2ccccc2[N+](=O)[O-])sc2ccccc21. The van der Waals surface area contributed by atoms with Crippen LogP contribution in [-0.4, -0.2) is 17.9 Å². The zero-order chi connectivity index (χ0) is 17.3. The van der Waals surface area contributed by atoms with E-state index in [1.54, 1.807) is 11.6 Å². The van der Waals surface area contributed by atoms with Crippen molar-refractivity contribution in [2.75, 3.05) is 0 Å². The van der Waals surface area contributed by atoms with Gasteiger partial charge in [-0.25, -0.2) is 0 Å². The summed E-state index contributed by atoms with van der Waals surface area (Å²) in [6.45, 7) is 0. The van der Waals surface area contributed by atoms with Crippen molar-refractivity contribution in [2.45, 2.75) is 4.90 Å². The lowest BCUT2D eigenvalue weighted by atomic mass is 10.3. The molecule has 24 heavy (non-hydrogen) atoms. The minimum absolute atomic E-state index is 0.428. The first kappa shape index (κ1) is 16.1. The van der Waals surface area contributed by atoms with E-state index in [-0.39, 0.29) is 0 Å². The summed E-state index contributed by atoms with van der Waals surface area (Å²) in [5.41, 5.74) is 0.409. The molecule has 10 heteroatoms. The van der Waals surface area contributed by atoms with Gasteiger partial charge in [0.15, 0.2) is 4.90 Å². The second-order valence-corrected chi connectivity index (χ2v) is 7.48. The van der Waals surface area contributed by atoms with Crippen molar-refractivity contribution in [1.82, 2.24) is 9.40 Å². The van der Waals surface area contributed by atoms with Crippen LogP contribution in [0.5, 0.6) is 0 Å². The van der Waals surface area contributed by atoms with Crippen molar-refractivity contribution >= 4 is 37.3 Å². The van der Waals surface area contributed by atoms with Gasteiger partial charge in [-0.1, -0.05) is 35.6 Å². The Morgan fingerprint density at radius 1 is 1.17 bits per heavy atom. The summed E-state index contributed by atoms with van der Waals surface area (Å²) in [5.74, 6) is 0. The third-order valence-corrected chi connectivity index (χ3v) is 5.70. The Balaban J connectivity index is 2.04. The Bertz CT molecular complexity index is 1100. The normalized spacial score (nSPS) is 12.5. The second kappa shape index (κ2) is 6.06.